The van der Waals surface area contributed by atoms with Crippen LogP contribution in [0, 0.1) is 11.3 Å². The third-order valence-corrected chi connectivity index (χ3v) is 6.28. The van der Waals surface area contributed by atoms with E-state index in [1.54, 1.807) is 37.3 Å². The van der Waals surface area contributed by atoms with Gasteiger partial charge in [0.25, 0.3) is 5.56 Å². The Balaban J connectivity index is 2.02. The van der Waals surface area contributed by atoms with E-state index in [1.165, 1.54) is 10.6 Å². The minimum Gasteiger partial charge on any atom is -0.463 e. The van der Waals surface area contributed by atoms with Gasteiger partial charge in [-0.1, -0.05) is 12.1 Å². The highest BCUT2D eigenvalue weighted by molar-refractivity contribution is 7.07. The fraction of sp³-hybridized carbons (Fsp3) is 0.391. The molecule has 1 atom stereocenters. The number of rotatable bonds is 5. The van der Waals surface area contributed by atoms with Crippen molar-refractivity contribution in [3.63, 3.8) is 0 Å². The first-order valence-electron chi connectivity index (χ1n) is 10.3. The van der Waals surface area contributed by atoms with E-state index in [9.17, 15) is 14.4 Å². The molecule has 1 aliphatic heterocycles. The van der Waals surface area contributed by atoms with Gasteiger partial charge in [-0.25, -0.2) is 4.79 Å². The molecular formula is C23H25N3O4S. The van der Waals surface area contributed by atoms with Crippen LogP contribution < -0.4 is 14.8 Å². The van der Waals surface area contributed by atoms with E-state index < -0.39 is 5.97 Å². The molecule has 1 fully saturated rings. The van der Waals surface area contributed by atoms with Crippen LogP contribution >= 0.6 is 11.3 Å². The fourth-order valence-electron chi connectivity index (χ4n) is 3.58. The second kappa shape index (κ2) is 10.2. The number of thiazole rings is 1. The van der Waals surface area contributed by atoms with Gasteiger partial charge in [0.2, 0.25) is 5.91 Å². The van der Waals surface area contributed by atoms with Crippen LogP contribution in [0.5, 0.6) is 0 Å². The van der Waals surface area contributed by atoms with E-state index in [2.05, 4.69) is 6.07 Å². The highest BCUT2D eigenvalue weighted by Gasteiger charge is 2.24. The van der Waals surface area contributed by atoms with Crippen molar-refractivity contribution in [1.82, 2.24) is 9.47 Å². The topological polar surface area (TPSA) is 92.4 Å². The van der Waals surface area contributed by atoms with E-state index >= 15 is 0 Å². The van der Waals surface area contributed by atoms with Crippen molar-refractivity contribution in [2.24, 2.45) is 0 Å². The maximum atomic E-state index is 13.1. The number of ether oxygens (including phenoxy) is 1. The highest BCUT2D eigenvalue weighted by atomic mass is 32.1. The number of esters is 1. The van der Waals surface area contributed by atoms with Gasteiger partial charge < -0.3 is 9.64 Å². The van der Waals surface area contributed by atoms with E-state index in [0.29, 0.717) is 21.3 Å². The molecule has 162 valence electrons. The van der Waals surface area contributed by atoms with E-state index in [0.717, 1.165) is 36.2 Å². The van der Waals surface area contributed by atoms with E-state index in [4.69, 9.17) is 10.00 Å². The number of likely N-dealkylation sites (tertiary alicyclic amines) is 1. The summed E-state index contributed by atoms with van der Waals surface area (Å²) in [6.45, 7) is 4.51. The molecule has 3 rings (SSSR count). The molecule has 1 saturated heterocycles. The number of aromatic nitrogens is 1. The van der Waals surface area contributed by atoms with Gasteiger partial charge in [0, 0.05) is 12.6 Å². The monoisotopic (exact) mass is 439 g/mol. The van der Waals surface area contributed by atoms with Crippen LogP contribution in [-0.4, -0.2) is 40.5 Å². The van der Waals surface area contributed by atoms with Crippen LogP contribution in [0.1, 0.15) is 44.2 Å². The Labute approximate surface area is 184 Å². The quantitative estimate of drug-likeness (QED) is 0.656. The van der Waals surface area contributed by atoms with Crippen molar-refractivity contribution >= 4 is 35.4 Å². The molecule has 0 aliphatic carbocycles. The van der Waals surface area contributed by atoms with Crippen molar-refractivity contribution in [2.45, 2.75) is 45.7 Å². The normalized spacial score (nSPS) is 17.5. The van der Waals surface area contributed by atoms with Gasteiger partial charge in [0.05, 0.1) is 28.8 Å². The van der Waals surface area contributed by atoms with Crippen molar-refractivity contribution in [1.29, 1.82) is 5.26 Å². The van der Waals surface area contributed by atoms with Crippen molar-refractivity contribution in [3.8, 4) is 6.07 Å². The summed E-state index contributed by atoms with van der Waals surface area (Å²) in [5.74, 6) is -0.684. The van der Waals surface area contributed by atoms with Gasteiger partial charge in [0.1, 0.15) is 11.2 Å². The van der Waals surface area contributed by atoms with Gasteiger partial charge in [-0.05, 0) is 56.9 Å². The molecule has 0 bridgehead atoms. The lowest BCUT2D eigenvalue weighted by Crippen LogP contribution is -2.46. The maximum Gasteiger partial charge on any atom is 0.333 e. The molecule has 8 heteroatoms. The molecule has 0 spiro atoms. The van der Waals surface area contributed by atoms with Crippen LogP contribution in [0.15, 0.2) is 29.1 Å². The molecule has 0 saturated carbocycles. The van der Waals surface area contributed by atoms with Crippen LogP contribution in [0.25, 0.3) is 12.2 Å². The van der Waals surface area contributed by atoms with Gasteiger partial charge in [0.15, 0.2) is 0 Å². The Morgan fingerprint density at radius 3 is 2.68 bits per heavy atom. The number of hydrogen-bond donors (Lipinski definition) is 0. The SMILES string of the molecule is CCOC(=O)/C=c1\s/c(=C\c2ccc(C#N)cc2)c(=O)n1CC(=O)N1CCCC[C@H]1C. The summed E-state index contributed by atoms with van der Waals surface area (Å²) in [6, 6.07) is 9.03. The summed E-state index contributed by atoms with van der Waals surface area (Å²) in [7, 11) is 0. The predicted octanol–water partition coefficient (Wildman–Crippen LogP) is 1.35. The second-order valence-corrected chi connectivity index (χ2v) is 8.46. The van der Waals surface area contributed by atoms with Crippen molar-refractivity contribution in [2.75, 3.05) is 13.2 Å². The standard InChI is InChI=1S/C23H25N3O4S/c1-3-30-22(28)13-21-26(15-20(27)25-11-5-4-6-16(25)2)23(29)19(31-21)12-17-7-9-18(14-24)10-8-17/h7-10,12-13,16H,3-6,11,15H2,1-2H3/b19-12-,21-13-/t16-/m1/s1. The van der Waals surface area contributed by atoms with Crippen molar-refractivity contribution < 1.29 is 14.3 Å². The van der Waals surface area contributed by atoms with Gasteiger partial charge in [-0.2, -0.15) is 5.26 Å². The lowest BCUT2D eigenvalue weighted by atomic mass is 10.0. The maximum absolute atomic E-state index is 13.1. The Hall–Kier alpha value is -3.18. The molecule has 1 aliphatic rings. The Morgan fingerprint density at radius 1 is 1.29 bits per heavy atom. The first-order chi connectivity index (χ1) is 14.9. The number of hydrogen-bond acceptors (Lipinski definition) is 6. The number of benzene rings is 1. The number of piperidine rings is 1. The summed E-state index contributed by atoms with van der Waals surface area (Å²) in [4.78, 5) is 39.9. The molecule has 2 heterocycles. The zero-order valence-electron chi connectivity index (χ0n) is 17.7. The minimum absolute atomic E-state index is 0.119. The van der Waals surface area contributed by atoms with Crippen LogP contribution in [0.3, 0.4) is 0 Å². The van der Waals surface area contributed by atoms with Gasteiger partial charge in [-0.3, -0.25) is 14.2 Å². The first-order valence-corrected chi connectivity index (χ1v) is 11.1. The minimum atomic E-state index is -0.554. The van der Waals surface area contributed by atoms with E-state index in [1.807, 2.05) is 11.8 Å². The summed E-state index contributed by atoms with van der Waals surface area (Å²) in [5.41, 5.74) is 0.949. The summed E-state index contributed by atoms with van der Waals surface area (Å²) >= 11 is 1.14. The molecule has 0 radical (unpaired) electrons. The fourth-order valence-corrected chi connectivity index (χ4v) is 4.61. The molecule has 31 heavy (non-hydrogen) atoms. The van der Waals surface area contributed by atoms with Gasteiger partial charge in [-0.15, -0.1) is 11.3 Å². The third kappa shape index (κ3) is 5.50. The Morgan fingerprint density at radius 2 is 2.03 bits per heavy atom. The average molecular weight is 440 g/mol. The Bertz CT molecular complexity index is 1170. The summed E-state index contributed by atoms with van der Waals surface area (Å²) in [5, 5.41) is 8.94. The van der Waals surface area contributed by atoms with Crippen molar-refractivity contribution in [3.05, 3.63) is 54.9 Å². The molecule has 2 aromatic rings. The van der Waals surface area contributed by atoms with Crippen LogP contribution in [0.2, 0.25) is 0 Å². The number of amides is 1. The summed E-state index contributed by atoms with van der Waals surface area (Å²) < 4.78 is 7.12. The predicted molar refractivity (Wildman–Crippen MR) is 119 cm³/mol. The van der Waals surface area contributed by atoms with E-state index in [-0.39, 0.29) is 30.7 Å². The van der Waals surface area contributed by atoms with Gasteiger partial charge >= 0.3 is 5.97 Å². The highest BCUT2D eigenvalue weighted by Crippen LogP contribution is 2.16. The third-order valence-electron chi connectivity index (χ3n) is 5.22. The molecule has 0 unspecified atom stereocenters. The molecule has 1 aromatic heterocycles. The number of nitrogens with zero attached hydrogens (tertiary/aromatic N) is 3. The summed E-state index contributed by atoms with van der Waals surface area (Å²) in [6.07, 6.45) is 5.95. The first kappa shape index (κ1) is 22.5. The lowest BCUT2D eigenvalue weighted by Gasteiger charge is -2.33. The Kier molecular flexibility index (Phi) is 7.42. The largest absolute Gasteiger partial charge is 0.463 e. The number of carbonyl (C=O) groups is 2. The molecule has 1 aromatic carbocycles. The zero-order valence-corrected chi connectivity index (χ0v) is 18.5. The molecule has 7 nitrogen and oxygen atoms in total. The molecule has 0 N–H and O–H groups in total. The second-order valence-electron chi connectivity index (χ2n) is 7.40. The number of carbonyl (C=O) groups excluding carboxylic acids is 2. The molecule has 1 amide bonds. The van der Waals surface area contributed by atoms with Crippen LogP contribution in [-0.2, 0) is 20.9 Å². The van der Waals surface area contributed by atoms with Crippen LogP contribution in [0.4, 0.5) is 0 Å². The zero-order chi connectivity index (χ0) is 22.4. The average Bonchev–Trinajstić information content (AvgIpc) is 3.03. The smallest absolute Gasteiger partial charge is 0.333 e. The molecular weight excluding hydrogens is 414 g/mol. The lowest BCUT2D eigenvalue weighted by molar-refractivity contribution is -0.136. The number of nitriles is 1.